The van der Waals surface area contributed by atoms with E-state index in [1.54, 1.807) is 7.05 Å². The normalized spacial score (nSPS) is 11.9. The zero-order valence-corrected chi connectivity index (χ0v) is 14.3. The fourth-order valence-electron chi connectivity index (χ4n) is 2.03. The summed E-state index contributed by atoms with van der Waals surface area (Å²) in [6, 6.07) is 10.2. The van der Waals surface area contributed by atoms with Crippen molar-refractivity contribution in [2.45, 2.75) is 30.1 Å². The molecule has 7 heteroatoms. The molecule has 0 unspecified atom stereocenters. The minimum Gasteiger partial charge on any atom is -0.363 e. The third kappa shape index (κ3) is 4.99. The molecule has 1 aromatic carbocycles. The zero-order chi connectivity index (χ0) is 15.8. The van der Waals surface area contributed by atoms with Crippen LogP contribution in [0.4, 0.5) is 5.13 Å². The van der Waals surface area contributed by atoms with Crippen LogP contribution in [0.1, 0.15) is 31.4 Å². The summed E-state index contributed by atoms with van der Waals surface area (Å²) in [5.41, 5.74) is 1.15. The molecule has 0 fully saturated rings. The Hall–Kier alpha value is -1.60. The molecular weight excluding hydrogens is 316 g/mol. The van der Waals surface area contributed by atoms with Crippen molar-refractivity contribution < 1.29 is 4.79 Å². The molecule has 0 aliphatic heterocycles. The first kappa shape index (κ1) is 16.8. The number of hydrogen-bond donors (Lipinski definition) is 2. The van der Waals surface area contributed by atoms with Crippen LogP contribution in [0, 0.1) is 0 Å². The summed E-state index contributed by atoms with van der Waals surface area (Å²) >= 11 is 2.86. The lowest BCUT2D eigenvalue weighted by Gasteiger charge is -2.18. The average molecular weight is 336 g/mol. The van der Waals surface area contributed by atoms with Crippen LogP contribution < -0.4 is 10.6 Å². The Morgan fingerprint density at radius 3 is 2.73 bits per heavy atom. The highest BCUT2D eigenvalue weighted by atomic mass is 32.2. The highest BCUT2D eigenvalue weighted by Crippen LogP contribution is 2.25. The van der Waals surface area contributed by atoms with E-state index in [0.29, 0.717) is 5.75 Å². The van der Waals surface area contributed by atoms with E-state index in [-0.39, 0.29) is 11.9 Å². The molecule has 0 saturated heterocycles. The summed E-state index contributed by atoms with van der Waals surface area (Å²) in [6.07, 6.45) is 1.96. The van der Waals surface area contributed by atoms with Crippen molar-refractivity contribution in [1.29, 1.82) is 0 Å². The molecule has 5 nitrogen and oxygen atoms in total. The highest BCUT2D eigenvalue weighted by molar-refractivity contribution is 8.01. The number of aromatic nitrogens is 2. The first-order valence-corrected chi connectivity index (χ1v) is 9.01. The Kier molecular flexibility index (Phi) is 6.67. The quantitative estimate of drug-likeness (QED) is 0.724. The second-order valence-electron chi connectivity index (χ2n) is 4.73. The van der Waals surface area contributed by atoms with Gasteiger partial charge >= 0.3 is 0 Å². The van der Waals surface area contributed by atoms with Crippen LogP contribution in [0.3, 0.4) is 0 Å². The van der Waals surface area contributed by atoms with Crippen LogP contribution in [-0.2, 0) is 4.79 Å². The van der Waals surface area contributed by atoms with E-state index in [1.807, 2.05) is 18.2 Å². The van der Waals surface area contributed by atoms with Gasteiger partial charge in [-0.05, 0) is 12.0 Å². The van der Waals surface area contributed by atoms with Crippen LogP contribution in [0.2, 0.25) is 0 Å². The number of nitrogens with one attached hydrogen (secondary N) is 2. The van der Waals surface area contributed by atoms with E-state index in [4.69, 9.17) is 0 Å². The number of carbonyl (C=O) groups is 1. The lowest BCUT2D eigenvalue weighted by atomic mass is 10.0. The molecule has 2 rings (SSSR count). The van der Waals surface area contributed by atoms with Gasteiger partial charge < -0.3 is 10.6 Å². The van der Waals surface area contributed by atoms with Crippen molar-refractivity contribution >= 4 is 34.1 Å². The predicted molar refractivity (Wildman–Crippen MR) is 92.4 cm³/mol. The monoisotopic (exact) mass is 336 g/mol. The number of hydrogen-bond acceptors (Lipinski definition) is 6. The molecule has 2 N–H and O–H groups in total. The number of nitrogens with zero attached hydrogens (tertiary/aromatic N) is 2. The Labute approximate surface area is 138 Å². The minimum absolute atomic E-state index is 0.0218. The molecule has 1 heterocycles. The Balaban J connectivity index is 1.88. The number of benzene rings is 1. The molecule has 0 spiro atoms. The summed E-state index contributed by atoms with van der Waals surface area (Å²) in [5.74, 6) is 0.374. The second kappa shape index (κ2) is 8.75. The first-order valence-electron chi connectivity index (χ1n) is 7.21. The summed E-state index contributed by atoms with van der Waals surface area (Å²) in [7, 11) is 1.80. The topological polar surface area (TPSA) is 66.9 Å². The maximum absolute atomic E-state index is 12.2. The number of carbonyl (C=O) groups excluding carboxylic acids is 1. The van der Waals surface area contributed by atoms with Gasteiger partial charge in [0.15, 0.2) is 4.34 Å². The van der Waals surface area contributed by atoms with Gasteiger partial charge in [0, 0.05) is 7.05 Å². The van der Waals surface area contributed by atoms with Crippen LogP contribution in [-0.4, -0.2) is 28.9 Å². The van der Waals surface area contributed by atoms with Gasteiger partial charge in [0.2, 0.25) is 11.0 Å². The van der Waals surface area contributed by atoms with Gasteiger partial charge in [0.05, 0.1) is 11.8 Å². The standard InChI is InChI=1S/C15H20N4OS2/c1-3-7-12(11-8-5-4-6-9-11)17-13(20)10-21-15-19-18-14(16-2)22-15/h4-6,8-9,12H,3,7,10H2,1-2H3,(H,16,18)(H,17,20)/t12-/m0/s1. The Bertz CT molecular complexity index is 588. The van der Waals surface area contributed by atoms with E-state index in [2.05, 4.69) is 39.9 Å². The average Bonchev–Trinajstić information content (AvgIpc) is 3.01. The van der Waals surface area contributed by atoms with Crippen LogP contribution in [0.25, 0.3) is 0 Å². The number of thioether (sulfide) groups is 1. The third-order valence-corrected chi connectivity index (χ3v) is 5.14. The van der Waals surface area contributed by atoms with Crippen molar-refractivity contribution in [3.63, 3.8) is 0 Å². The van der Waals surface area contributed by atoms with Gasteiger partial charge in [-0.25, -0.2) is 0 Å². The zero-order valence-electron chi connectivity index (χ0n) is 12.7. The van der Waals surface area contributed by atoms with Crippen LogP contribution in [0.5, 0.6) is 0 Å². The van der Waals surface area contributed by atoms with Gasteiger partial charge in [0.25, 0.3) is 0 Å². The molecule has 0 bridgehead atoms. The molecule has 2 aromatic rings. The van der Waals surface area contributed by atoms with Gasteiger partial charge in [-0.3, -0.25) is 4.79 Å². The largest absolute Gasteiger partial charge is 0.363 e. The van der Waals surface area contributed by atoms with E-state index in [1.165, 1.54) is 23.1 Å². The van der Waals surface area contributed by atoms with Crippen LogP contribution in [0.15, 0.2) is 34.7 Å². The van der Waals surface area contributed by atoms with Crippen LogP contribution >= 0.6 is 23.1 Å². The fraction of sp³-hybridized carbons (Fsp3) is 0.400. The second-order valence-corrected chi connectivity index (χ2v) is 6.93. The minimum atomic E-state index is 0.0218. The Morgan fingerprint density at radius 1 is 1.32 bits per heavy atom. The summed E-state index contributed by atoms with van der Waals surface area (Å²) in [5, 5.41) is 14.8. The maximum Gasteiger partial charge on any atom is 0.230 e. The molecule has 0 aliphatic rings. The third-order valence-electron chi connectivity index (χ3n) is 3.06. The fourth-order valence-corrected chi connectivity index (χ4v) is 3.55. The molecular formula is C15H20N4OS2. The maximum atomic E-state index is 12.2. The highest BCUT2D eigenvalue weighted by Gasteiger charge is 2.14. The van der Waals surface area contributed by atoms with Crippen molar-refractivity contribution in [3.8, 4) is 0 Å². The van der Waals surface area contributed by atoms with Gasteiger partial charge in [-0.2, -0.15) is 0 Å². The van der Waals surface area contributed by atoms with Crippen molar-refractivity contribution in [3.05, 3.63) is 35.9 Å². The smallest absolute Gasteiger partial charge is 0.230 e. The molecule has 118 valence electrons. The summed E-state index contributed by atoms with van der Waals surface area (Å²) in [4.78, 5) is 12.2. The molecule has 22 heavy (non-hydrogen) atoms. The molecule has 0 radical (unpaired) electrons. The van der Waals surface area contributed by atoms with Crippen molar-refractivity contribution in [2.24, 2.45) is 0 Å². The van der Waals surface area contributed by atoms with E-state index < -0.39 is 0 Å². The predicted octanol–water partition coefficient (Wildman–Crippen LogP) is 3.33. The lowest BCUT2D eigenvalue weighted by molar-refractivity contribution is -0.119. The van der Waals surface area contributed by atoms with Gasteiger partial charge in [0.1, 0.15) is 0 Å². The van der Waals surface area contributed by atoms with E-state index in [0.717, 1.165) is 27.9 Å². The van der Waals surface area contributed by atoms with E-state index >= 15 is 0 Å². The summed E-state index contributed by atoms with van der Waals surface area (Å²) in [6.45, 7) is 2.12. The lowest BCUT2D eigenvalue weighted by Crippen LogP contribution is -2.29. The van der Waals surface area contributed by atoms with Crippen molar-refractivity contribution in [1.82, 2.24) is 15.5 Å². The molecule has 0 saturated carbocycles. The molecule has 1 atom stereocenters. The van der Waals surface area contributed by atoms with Gasteiger partial charge in [-0.1, -0.05) is 66.8 Å². The Morgan fingerprint density at radius 2 is 2.09 bits per heavy atom. The summed E-state index contributed by atoms with van der Waals surface area (Å²) < 4.78 is 0.797. The molecule has 1 amide bonds. The van der Waals surface area contributed by atoms with Gasteiger partial charge in [-0.15, -0.1) is 10.2 Å². The molecule has 1 aromatic heterocycles. The number of anilines is 1. The number of rotatable bonds is 8. The number of amides is 1. The molecule has 0 aliphatic carbocycles. The first-order chi connectivity index (χ1) is 10.7. The van der Waals surface area contributed by atoms with E-state index in [9.17, 15) is 4.79 Å². The SMILES string of the molecule is CCC[C@H](NC(=O)CSc1nnc(NC)s1)c1ccccc1. The van der Waals surface area contributed by atoms with Crippen molar-refractivity contribution in [2.75, 3.05) is 18.1 Å².